The number of benzene rings is 2. The summed E-state index contributed by atoms with van der Waals surface area (Å²) in [6.45, 7) is 7.46. The highest BCUT2D eigenvalue weighted by Gasteiger charge is 2.44. The minimum absolute atomic E-state index is 0.00646. The van der Waals surface area contributed by atoms with E-state index in [9.17, 15) is 9.59 Å². The first kappa shape index (κ1) is 22.3. The van der Waals surface area contributed by atoms with Gasteiger partial charge in [-0.2, -0.15) is 0 Å². The number of rotatable bonds is 6. The SMILES string of the molecule is CCN(Cc1ccccc1)C1=C(c2ccc(C)c(C)c2)C(=O)N(C2CCCCCC2)C1=O. The normalized spacial score (nSPS) is 17.8. The largest absolute Gasteiger partial charge is 0.362 e. The molecule has 4 heteroatoms. The summed E-state index contributed by atoms with van der Waals surface area (Å²) in [5.41, 5.74) is 5.44. The van der Waals surface area contributed by atoms with Crippen molar-refractivity contribution in [3.63, 3.8) is 0 Å². The van der Waals surface area contributed by atoms with Crippen molar-refractivity contribution in [2.75, 3.05) is 6.54 Å². The number of hydrogen-bond donors (Lipinski definition) is 0. The van der Waals surface area contributed by atoms with Gasteiger partial charge in [0.2, 0.25) is 0 Å². The van der Waals surface area contributed by atoms with Crippen molar-refractivity contribution >= 4 is 17.4 Å². The minimum Gasteiger partial charge on any atom is -0.362 e. The lowest BCUT2D eigenvalue weighted by molar-refractivity contribution is -0.140. The van der Waals surface area contributed by atoms with Crippen molar-refractivity contribution in [1.82, 2.24) is 9.80 Å². The van der Waals surface area contributed by atoms with Crippen LogP contribution in [0.4, 0.5) is 0 Å². The Morgan fingerprint density at radius 2 is 1.56 bits per heavy atom. The molecule has 168 valence electrons. The second kappa shape index (κ2) is 9.72. The zero-order valence-corrected chi connectivity index (χ0v) is 19.6. The van der Waals surface area contributed by atoms with Gasteiger partial charge in [0, 0.05) is 19.1 Å². The van der Waals surface area contributed by atoms with Crippen LogP contribution in [0.15, 0.2) is 54.2 Å². The van der Waals surface area contributed by atoms with Crippen molar-refractivity contribution in [3.8, 4) is 0 Å². The monoisotopic (exact) mass is 430 g/mol. The lowest BCUT2D eigenvalue weighted by Gasteiger charge is -2.28. The molecule has 4 nitrogen and oxygen atoms in total. The minimum atomic E-state index is -0.119. The Morgan fingerprint density at radius 1 is 0.875 bits per heavy atom. The standard InChI is InChI=1S/C28H34N2O2/c1-4-29(19-22-12-8-7-9-13-22)26-25(23-17-16-20(2)21(3)18-23)27(31)30(28(26)32)24-14-10-5-6-11-15-24/h7-9,12-13,16-18,24H,4-6,10-11,14-15,19H2,1-3H3. The fourth-order valence-corrected chi connectivity index (χ4v) is 4.99. The lowest BCUT2D eigenvalue weighted by atomic mass is 9.99. The number of carbonyl (C=O) groups is 2. The van der Waals surface area contributed by atoms with Gasteiger partial charge in [-0.05, 0) is 55.9 Å². The Hall–Kier alpha value is -2.88. The molecule has 1 heterocycles. The number of hydrogen-bond acceptors (Lipinski definition) is 3. The van der Waals surface area contributed by atoms with Crippen molar-refractivity contribution in [2.45, 2.75) is 71.9 Å². The summed E-state index contributed by atoms with van der Waals surface area (Å²) in [4.78, 5) is 31.4. The lowest BCUT2D eigenvalue weighted by Crippen LogP contribution is -2.42. The van der Waals surface area contributed by atoms with E-state index in [0.717, 1.165) is 42.4 Å². The molecule has 4 rings (SSSR count). The van der Waals surface area contributed by atoms with Gasteiger partial charge in [0.1, 0.15) is 5.70 Å². The average molecular weight is 431 g/mol. The zero-order chi connectivity index (χ0) is 22.7. The topological polar surface area (TPSA) is 40.6 Å². The highest BCUT2D eigenvalue weighted by molar-refractivity contribution is 6.35. The highest BCUT2D eigenvalue weighted by Crippen LogP contribution is 2.36. The Kier molecular flexibility index (Phi) is 6.78. The first-order valence-electron chi connectivity index (χ1n) is 12.0. The van der Waals surface area contributed by atoms with E-state index < -0.39 is 0 Å². The molecule has 32 heavy (non-hydrogen) atoms. The third-order valence-corrected chi connectivity index (χ3v) is 6.99. The maximum absolute atomic E-state index is 13.9. The first-order valence-corrected chi connectivity index (χ1v) is 12.0. The molecule has 2 amide bonds. The van der Waals surface area contributed by atoms with Crippen molar-refractivity contribution in [3.05, 3.63) is 76.5 Å². The second-order valence-electron chi connectivity index (χ2n) is 9.15. The molecular weight excluding hydrogens is 396 g/mol. The van der Waals surface area contributed by atoms with E-state index in [2.05, 4.69) is 49.9 Å². The van der Waals surface area contributed by atoms with Gasteiger partial charge in [0.05, 0.1) is 5.57 Å². The molecule has 0 atom stereocenters. The average Bonchev–Trinajstić information content (AvgIpc) is 2.95. The summed E-state index contributed by atoms with van der Waals surface area (Å²) in [5, 5.41) is 0. The van der Waals surface area contributed by atoms with Crippen LogP contribution in [0, 0.1) is 13.8 Å². The van der Waals surface area contributed by atoms with E-state index in [0.29, 0.717) is 24.4 Å². The Bertz CT molecular complexity index is 1020. The van der Waals surface area contributed by atoms with Crippen LogP contribution < -0.4 is 0 Å². The van der Waals surface area contributed by atoms with E-state index >= 15 is 0 Å². The Balaban J connectivity index is 1.78. The highest BCUT2D eigenvalue weighted by atomic mass is 16.2. The molecule has 1 fully saturated rings. The number of likely N-dealkylation sites (N-methyl/N-ethyl adjacent to an activating group) is 1. The Labute approximate surface area is 191 Å². The third-order valence-electron chi connectivity index (χ3n) is 6.99. The molecular formula is C28H34N2O2. The van der Waals surface area contributed by atoms with Crippen LogP contribution in [-0.4, -0.2) is 34.2 Å². The summed E-state index contributed by atoms with van der Waals surface area (Å²) in [5.74, 6) is -0.237. The van der Waals surface area contributed by atoms with Crippen LogP contribution in [0.2, 0.25) is 0 Å². The quantitative estimate of drug-likeness (QED) is 0.441. The fourth-order valence-electron chi connectivity index (χ4n) is 4.99. The molecule has 1 saturated carbocycles. The predicted molar refractivity (Wildman–Crippen MR) is 129 cm³/mol. The molecule has 1 aliphatic carbocycles. The molecule has 0 saturated heterocycles. The van der Waals surface area contributed by atoms with Crippen LogP contribution in [0.25, 0.3) is 5.57 Å². The van der Waals surface area contributed by atoms with E-state index in [1.807, 2.05) is 24.3 Å². The zero-order valence-electron chi connectivity index (χ0n) is 19.6. The predicted octanol–water partition coefficient (Wildman–Crippen LogP) is 5.63. The molecule has 2 aliphatic rings. The third kappa shape index (κ3) is 4.36. The molecule has 0 radical (unpaired) electrons. The van der Waals surface area contributed by atoms with Crippen LogP contribution >= 0.6 is 0 Å². The van der Waals surface area contributed by atoms with Gasteiger partial charge in [0.15, 0.2) is 0 Å². The maximum Gasteiger partial charge on any atom is 0.278 e. The van der Waals surface area contributed by atoms with Gasteiger partial charge in [-0.15, -0.1) is 0 Å². The van der Waals surface area contributed by atoms with Crippen molar-refractivity contribution in [2.24, 2.45) is 0 Å². The number of amides is 2. The summed E-state index contributed by atoms with van der Waals surface area (Å²) >= 11 is 0. The van der Waals surface area contributed by atoms with Crippen LogP contribution in [0.1, 0.15) is 67.7 Å². The molecule has 0 aromatic heterocycles. The van der Waals surface area contributed by atoms with E-state index in [1.165, 1.54) is 18.4 Å². The number of aryl methyl sites for hydroxylation is 2. The molecule has 1 aliphatic heterocycles. The van der Waals surface area contributed by atoms with Crippen molar-refractivity contribution in [1.29, 1.82) is 0 Å². The fraction of sp³-hybridized carbons (Fsp3) is 0.429. The van der Waals surface area contributed by atoms with Crippen molar-refractivity contribution < 1.29 is 9.59 Å². The first-order chi connectivity index (χ1) is 15.5. The Morgan fingerprint density at radius 3 is 2.19 bits per heavy atom. The number of nitrogens with zero attached hydrogens (tertiary/aromatic N) is 2. The summed E-state index contributed by atoms with van der Waals surface area (Å²) < 4.78 is 0. The van der Waals surface area contributed by atoms with E-state index in [1.54, 1.807) is 4.90 Å². The second-order valence-corrected chi connectivity index (χ2v) is 9.15. The van der Waals surface area contributed by atoms with Gasteiger partial charge in [-0.25, -0.2) is 0 Å². The molecule has 2 aromatic carbocycles. The van der Waals surface area contributed by atoms with E-state index in [4.69, 9.17) is 0 Å². The maximum atomic E-state index is 13.9. The molecule has 0 unspecified atom stereocenters. The van der Waals surface area contributed by atoms with Gasteiger partial charge in [-0.1, -0.05) is 74.2 Å². The summed E-state index contributed by atoms with van der Waals surface area (Å²) in [6.07, 6.45) is 6.36. The summed E-state index contributed by atoms with van der Waals surface area (Å²) in [6, 6.07) is 16.3. The number of imide groups is 1. The number of carbonyl (C=O) groups excluding carboxylic acids is 2. The molecule has 0 bridgehead atoms. The van der Waals surface area contributed by atoms with Crippen LogP contribution in [0.3, 0.4) is 0 Å². The van der Waals surface area contributed by atoms with Crippen LogP contribution in [-0.2, 0) is 16.1 Å². The molecule has 0 N–H and O–H groups in total. The molecule has 2 aromatic rings. The van der Waals surface area contributed by atoms with Gasteiger partial charge in [0.25, 0.3) is 11.8 Å². The van der Waals surface area contributed by atoms with E-state index in [-0.39, 0.29) is 17.9 Å². The van der Waals surface area contributed by atoms with Gasteiger partial charge in [-0.3, -0.25) is 14.5 Å². The van der Waals surface area contributed by atoms with Gasteiger partial charge < -0.3 is 4.90 Å². The molecule has 0 spiro atoms. The summed E-state index contributed by atoms with van der Waals surface area (Å²) in [7, 11) is 0. The van der Waals surface area contributed by atoms with Crippen LogP contribution in [0.5, 0.6) is 0 Å². The van der Waals surface area contributed by atoms with Gasteiger partial charge >= 0.3 is 0 Å². The smallest absolute Gasteiger partial charge is 0.278 e.